The van der Waals surface area contributed by atoms with Crippen molar-refractivity contribution >= 4 is 23.2 Å². The van der Waals surface area contributed by atoms with E-state index in [9.17, 15) is 14.4 Å². The summed E-state index contributed by atoms with van der Waals surface area (Å²) >= 11 is 0. The van der Waals surface area contributed by atoms with Crippen molar-refractivity contribution in [3.05, 3.63) is 63.3 Å². The van der Waals surface area contributed by atoms with Gasteiger partial charge in [0.05, 0.1) is 11.3 Å². The first kappa shape index (κ1) is 21.3. The Morgan fingerprint density at radius 1 is 1.17 bits per heavy atom. The molecule has 1 N–H and O–H groups in total. The number of nitrogens with one attached hydrogen (secondary N) is 1. The summed E-state index contributed by atoms with van der Waals surface area (Å²) in [4.78, 5) is 41.2. The largest absolute Gasteiger partial charge is 0.456 e. The van der Waals surface area contributed by atoms with Crippen LogP contribution in [0, 0.1) is 19.8 Å². The lowest BCUT2D eigenvalue weighted by Gasteiger charge is -2.15. The molecule has 0 saturated heterocycles. The van der Waals surface area contributed by atoms with E-state index in [-0.39, 0.29) is 24.0 Å². The number of benzene rings is 1. The first-order valence-corrected chi connectivity index (χ1v) is 9.90. The molecule has 8 nitrogen and oxygen atoms in total. The van der Waals surface area contributed by atoms with Gasteiger partial charge in [0.25, 0.3) is 5.56 Å². The lowest BCUT2D eigenvalue weighted by atomic mass is 10.0. The van der Waals surface area contributed by atoms with Gasteiger partial charge in [-0.3, -0.25) is 9.59 Å². The molecule has 0 unspecified atom stereocenters. The highest BCUT2D eigenvalue weighted by Crippen LogP contribution is 2.20. The monoisotopic (exact) mass is 411 g/mol. The Hall–Kier alpha value is -3.42. The van der Waals surface area contributed by atoms with Crippen molar-refractivity contribution in [1.29, 1.82) is 0 Å². The Morgan fingerprint density at radius 3 is 2.60 bits per heavy atom. The number of aromatic nitrogens is 2. The van der Waals surface area contributed by atoms with Crippen molar-refractivity contribution in [2.45, 2.75) is 47.1 Å². The second-order valence-electron chi connectivity index (χ2n) is 7.19. The van der Waals surface area contributed by atoms with E-state index in [1.807, 2.05) is 20.8 Å². The number of hydrogen-bond donors (Lipinski definition) is 1. The van der Waals surface area contributed by atoms with Crippen LogP contribution >= 0.6 is 0 Å². The highest BCUT2D eigenvalue weighted by molar-refractivity contribution is 5.96. The van der Waals surface area contributed by atoms with E-state index in [0.717, 1.165) is 23.0 Å². The zero-order chi connectivity index (χ0) is 21.8. The minimum atomic E-state index is -0.571. The summed E-state index contributed by atoms with van der Waals surface area (Å²) in [5.41, 5.74) is 2.02. The van der Waals surface area contributed by atoms with Crippen LogP contribution in [0.2, 0.25) is 0 Å². The fourth-order valence-corrected chi connectivity index (χ4v) is 3.15. The topological polar surface area (TPSA) is 103 Å². The van der Waals surface area contributed by atoms with Gasteiger partial charge >= 0.3 is 5.97 Å². The van der Waals surface area contributed by atoms with E-state index < -0.39 is 5.97 Å². The van der Waals surface area contributed by atoms with E-state index in [4.69, 9.17) is 9.26 Å². The van der Waals surface area contributed by atoms with Gasteiger partial charge in [0.2, 0.25) is 5.91 Å². The Morgan fingerprint density at radius 2 is 1.90 bits per heavy atom. The fraction of sp³-hybridized carbons (Fsp3) is 0.364. The van der Waals surface area contributed by atoms with Gasteiger partial charge in [-0.25, -0.2) is 9.78 Å². The molecular formula is C22H25N3O5. The molecule has 2 heterocycles. The predicted molar refractivity (Wildman–Crippen MR) is 111 cm³/mol. The third-order valence-corrected chi connectivity index (χ3v) is 4.96. The van der Waals surface area contributed by atoms with Crippen molar-refractivity contribution < 1.29 is 18.8 Å². The second kappa shape index (κ2) is 8.94. The van der Waals surface area contributed by atoms with Gasteiger partial charge < -0.3 is 14.6 Å². The molecule has 30 heavy (non-hydrogen) atoms. The number of ether oxygens (including phenoxy) is 1. The smallest absolute Gasteiger partial charge is 0.338 e. The third-order valence-electron chi connectivity index (χ3n) is 4.96. The van der Waals surface area contributed by atoms with Crippen LogP contribution in [-0.2, 0) is 16.1 Å². The maximum atomic E-state index is 12.5. The molecular weight excluding hydrogens is 386 g/mol. The number of carbonyl (C=O) groups excluding carboxylic acids is 2. The Kier molecular flexibility index (Phi) is 6.34. The van der Waals surface area contributed by atoms with Crippen LogP contribution < -0.4 is 10.9 Å². The molecule has 0 saturated carbocycles. The van der Waals surface area contributed by atoms with Gasteiger partial charge in [-0.2, -0.15) is 0 Å². The van der Waals surface area contributed by atoms with E-state index >= 15 is 0 Å². The summed E-state index contributed by atoms with van der Waals surface area (Å²) in [5.74, 6) is -0.163. The van der Waals surface area contributed by atoms with Crippen molar-refractivity contribution in [2.24, 2.45) is 5.92 Å². The van der Waals surface area contributed by atoms with Crippen LogP contribution in [0.5, 0.6) is 0 Å². The van der Waals surface area contributed by atoms with Gasteiger partial charge in [0, 0.05) is 23.7 Å². The van der Waals surface area contributed by atoms with Crippen molar-refractivity contribution in [3.63, 3.8) is 0 Å². The second-order valence-corrected chi connectivity index (χ2v) is 7.19. The molecule has 0 aliphatic rings. The summed E-state index contributed by atoms with van der Waals surface area (Å²) in [5, 5.41) is 2.90. The maximum absolute atomic E-state index is 12.5. The van der Waals surface area contributed by atoms with Crippen LogP contribution in [0.3, 0.4) is 0 Å². The van der Waals surface area contributed by atoms with Gasteiger partial charge in [-0.1, -0.05) is 19.9 Å². The molecule has 158 valence electrons. The molecule has 3 aromatic rings. The number of amides is 1. The molecule has 0 atom stereocenters. The number of anilines is 1. The van der Waals surface area contributed by atoms with Crippen LogP contribution in [0.4, 0.5) is 5.69 Å². The molecule has 0 spiro atoms. The number of hydrogen-bond acceptors (Lipinski definition) is 6. The molecule has 8 heteroatoms. The van der Waals surface area contributed by atoms with Crippen molar-refractivity contribution in [1.82, 2.24) is 9.56 Å². The van der Waals surface area contributed by atoms with E-state index in [1.54, 1.807) is 31.2 Å². The molecule has 0 radical (unpaired) electrons. The average molecular weight is 411 g/mol. The highest BCUT2D eigenvalue weighted by atomic mass is 16.5. The number of carbonyl (C=O) groups is 2. The number of fused-ring (bicyclic) bond motifs is 1. The first-order valence-electron chi connectivity index (χ1n) is 9.90. The van der Waals surface area contributed by atoms with E-state index in [2.05, 4.69) is 10.3 Å². The quantitative estimate of drug-likeness (QED) is 0.596. The van der Waals surface area contributed by atoms with Gasteiger partial charge in [0.15, 0.2) is 5.65 Å². The fourth-order valence-electron chi connectivity index (χ4n) is 3.15. The zero-order valence-corrected chi connectivity index (χ0v) is 17.5. The molecule has 3 rings (SSSR count). The van der Waals surface area contributed by atoms with Crippen LogP contribution in [-0.4, -0.2) is 21.4 Å². The first-order chi connectivity index (χ1) is 14.3. The average Bonchev–Trinajstić information content (AvgIpc) is 3.09. The standard InChI is InChI=1S/C22H25N3O5/c1-5-15(6-2)21(27)24-18-10-16(8-7-13(18)3)22(28)29-12-17-11-20(26)25-19(23-17)9-14(4)30-25/h7-11,15H,5-6,12H2,1-4H3,(H,24,27). The zero-order valence-electron chi connectivity index (χ0n) is 17.5. The summed E-state index contributed by atoms with van der Waals surface area (Å²) in [6.45, 7) is 7.35. The van der Waals surface area contributed by atoms with Gasteiger partial charge in [-0.05, 0) is 44.4 Å². The maximum Gasteiger partial charge on any atom is 0.338 e. The number of esters is 1. The molecule has 1 amide bonds. The van der Waals surface area contributed by atoms with E-state index in [0.29, 0.717) is 28.4 Å². The third kappa shape index (κ3) is 4.59. The van der Waals surface area contributed by atoms with Crippen LogP contribution in [0.15, 0.2) is 39.6 Å². The molecule has 0 aliphatic heterocycles. The number of nitrogens with zero attached hydrogens (tertiary/aromatic N) is 2. The van der Waals surface area contributed by atoms with Gasteiger partial charge in [-0.15, -0.1) is 4.57 Å². The summed E-state index contributed by atoms with van der Waals surface area (Å²) in [6, 6.07) is 7.88. The molecule has 1 aromatic carbocycles. The molecule has 0 bridgehead atoms. The normalized spacial score (nSPS) is 11.1. The minimum Gasteiger partial charge on any atom is -0.456 e. The predicted octanol–water partition coefficient (Wildman–Crippen LogP) is 3.64. The van der Waals surface area contributed by atoms with Crippen LogP contribution in [0.1, 0.15) is 54.1 Å². The lowest BCUT2D eigenvalue weighted by Crippen LogP contribution is -2.22. The molecule has 0 fully saturated rings. The lowest BCUT2D eigenvalue weighted by molar-refractivity contribution is -0.120. The Labute approximate surface area is 173 Å². The summed E-state index contributed by atoms with van der Waals surface area (Å²) in [6.07, 6.45) is 1.49. The SMILES string of the molecule is CCC(CC)C(=O)Nc1cc(C(=O)OCc2cc(=O)n3oc(C)cc3n2)ccc1C. The Bertz CT molecular complexity index is 1140. The van der Waals surface area contributed by atoms with E-state index in [1.165, 1.54) is 6.07 Å². The van der Waals surface area contributed by atoms with Crippen molar-refractivity contribution in [2.75, 3.05) is 5.32 Å². The summed E-state index contributed by atoms with van der Waals surface area (Å²) in [7, 11) is 0. The minimum absolute atomic E-state index is 0.0676. The number of aryl methyl sites for hydroxylation is 2. The van der Waals surface area contributed by atoms with Gasteiger partial charge in [0.1, 0.15) is 12.4 Å². The summed E-state index contributed by atoms with van der Waals surface area (Å²) < 4.78 is 11.6. The number of rotatable bonds is 7. The highest BCUT2D eigenvalue weighted by Gasteiger charge is 2.17. The van der Waals surface area contributed by atoms with Crippen molar-refractivity contribution in [3.8, 4) is 0 Å². The molecule has 2 aromatic heterocycles. The Balaban J connectivity index is 1.73. The van der Waals surface area contributed by atoms with Crippen LogP contribution in [0.25, 0.3) is 5.65 Å². The molecule has 0 aliphatic carbocycles.